The Hall–Kier alpha value is -2.55. The van der Waals surface area contributed by atoms with Gasteiger partial charge < -0.3 is 15.4 Å². The van der Waals surface area contributed by atoms with Crippen LogP contribution < -0.4 is 15.4 Å². The number of nitrogens with zero attached hydrogens (tertiary/aromatic N) is 3. The van der Waals surface area contributed by atoms with Gasteiger partial charge in [0.1, 0.15) is 5.15 Å². The minimum Gasteiger partial charge on any atom is -0.468 e. The number of guanidine groups is 1. The van der Waals surface area contributed by atoms with Crippen LogP contribution >= 0.6 is 11.6 Å². The van der Waals surface area contributed by atoms with Crippen LogP contribution in [0.15, 0.2) is 41.7 Å². The van der Waals surface area contributed by atoms with Crippen molar-refractivity contribution < 1.29 is 17.9 Å². The molecular formula is C17H19ClF3N5O. The van der Waals surface area contributed by atoms with Gasteiger partial charge in [0.15, 0.2) is 12.6 Å². The molecule has 2 rings (SSSR count). The fourth-order valence-electron chi connectivity index (χ4n) is 2.12. The van der Waals surface area contributed by atoms with Crippen molar-refractivity contribution in [1.29, 1.82) is 0 Å². The Kier molecular flexibility index (Phi) is 7.66. The molecule has 2 aromatic heterocycles. The van der Waals surface area contributed by atoms with E-state index in [9.17, 15) is 13.2 Å². The van der Waals surface area contributed by atoms with E-state index < -0.39 is 12.8 Å². The number of aliphatic imine (C=N–C) groups is 1. The fourth-order valence-corrected chi connectivity index (χ4v) is 2.23. The van der Waals surface area contributed by atoms with Crippen LogP contribution in [0.25, 0.3) is 0 Å². The summed E-state index contributed by atoms with van der Waals surface area (Å²) in [5.41, 5.74) is 1.50. The van der Waals surface area contributed by atoms with Gasteiger partial charge in [0.2, 0.25) is 5.88 Å². The monoisotopic (exact) mass is 401 g/mol. The molecule has 0 aliphatic rings. The maximum atomic E-state index is 12.3. The molecule has 2 aromatic rings. The minimum absolute atomic E-state index is 0.0648. The predicted octanol–water partition coefficient (Wildman–Crippen LogP) is 2.98. The van der Waals surface area contributed by atoms with Crippen molar-refractivity contribution in [2.75, 3.05) is 20.2 Å². The number of ether oxygens (including phenoxy) is 1. The lowest BCUT2D eigenvalue weighted by atomic mass is 10.2. The first-order valence-corrected chi connectivity index (χ1v) is 8.43. The SMILES string of the molecule is CN=C(NCCc1ccc(Cl)nc1)NCc1cccnc1OCC(F)(F)F. The zero-order chi connectivity index (χ0) is 19.7. The maximum Gasteiger partial charge on any atom is 0.422 e. The summed E-state index contributed by atoms with van der Waals surface area (Å²) >= 11 is 5.74. The van der Waals surface area contributed by atoms with E-state index in [2.05, 4.69) is 25.6 Å². The van der Waals surface area contributed by atoms with E-state index in [-0.39, 0.29) is 12.4 Å². The molecule has 0 bridgehead atoms. The van der Waals surface area contributed by atoms with E-state index in [4.69, 9.17) is 16.3 Å². The summed E-state index contributed by atoms with van der Waals surface area (Å²) in [6.45, 7) is -0.588. The van der Waals surface area contributed by atoms with Gasteiger partial charge in [0, 0.05) is 38.1 Å². The number of alkyl halides is 3. The molecule has 0 aromatic carbocycles. The second-order valence-corrected chi connectivity index (χ2v) is 5.85. The Morgan fingerprint density at radius 3 is 2.70 bits per heavy atom. The van der Waals surface area contributed by atoms with Crippen LogP contribution in [0.2, 0.25) is 5.15 Å². The molecule has 2 N–H and O–H groups in total. The zero-order valence-electron chi connectivity index (χ0n) is 14.6. The Morgan fingerprint density at radius 2 is 2.04 bits per heavy atom. The van der Waals surface area contributed by atoms with E-state index in [1.807, 2.05) is 6.07 Å². The molecule has 0 atom stereocenters. The van der Waals surface area contributed by atoms with Crippen LogP contribution in [-0.4, -0.2) is 42.3 Å². The van der Waals surface area contributed by atoms with Gasteiger partial charge in [-0.25, -0.2) is 9.97 Å². The number of hydrogen-bond acceptors (Lipinski definition) is 4. The van der Waals surface area contributed by atoms with E-state index in [0.717, 1.165) is 5.56 Å². The molecule has 146 valence electrons. The van der Waals surface area contributed by atoms with Crippen LogP contribution in [0.4, 0.5) is 13.2 Å². The normalized spacial score (nSPS) is 12.0. The molecule has 6 nitrogen and oxygen atoms in total. The number of aromatic nitrogens is 2. The van der Waals surface area contributed by atoms with Gasteiger partial charge >= 0.3 is 6.18 Å². The number of pyridine rings is 2. The summed E-state index contributed by atoms with van der Waals surface area (Å²) in [7, 11) is 1.60. The zero-order valence-corrected chi connectivity index (χ0v) is 15.3. The van der Waals surface area contributed by atoms with Gasteiger partial charge in [0.25, 0.3) is 0 Å². The number of rotatable bonds is 7. The standard InChI is InChI=1S/C17H19ClF3N5O/c1-22-16(24-8-6-12-4-5-14(18)25-9-12)26-10-13-3-2-7-23-15(13)27-11-17(19,20)21/h2-5,7,9H,6,8,10-11H2,1H3,(H2,22,24,26). The Bertz CT molecular complexity index is 753. The van der Waals surface area contributed by atoms with Crippen molar-refractivity contribution >= 4 is 17.6 Å². The molecule has 0 amide bonds. The lowest BCUT2D eigenvalue weighted by molar-refractivity contribution is -0.154. The van der Waals surface area contributed by atoms with Gasteiger partial charge in [-0.3, -0.25) is 4.99 Å². The lowest BCUT2D eigenvalue weighted by Gasteiger charge is -2.14. The van der Waals surface area contributed by atoms with Gasteiger partial charge in [0.05, 0.1) is 0 Å². The summed E-state index contributed by atoms with van der Waals surface area (Å²) in [6.07, 6.45) is -0.642. The van der Waals surface area contributed by atoms with Crippen molar-refractivity contribution in [3.63, 3.8) is 0 Å². The van der Waals surface area contributed by atoms with Crippen LogP contribution in [0, 0.1) is 0 Å². The molecule has 27 heavy (non-hydrogen) atoms. The van der Waals surface area contributed by atoms with Crippen molar-refractivity contribution in [1.82, 2.24) is 20.6 Å². The molecule has 0 saturated heterocycles. The van der Waals surface area contributed by atoms with Gasteiger partial charge in [-0.1, -0.05) is 23.7 Å². The second kappa shape index (κ2) is 9.96. The Balaban J connectivity index is 1.84. The molecule has 2 heterocycles. The first-order valence-electron chi connectivity index (χ1n) is 8.06. The molecule has 0 radical (unpaired) electrons. The second-order valence-electron chi connectivity index (χ2n) is 5.46. The highest BCUT2D eigenvalue weighted by atomic mass is 35.5. The highest BCUT2D eigenvalue weighted by Gasteiger charge is 2.29. The molecule has 0 aliphatic carbocycles. The first-order chi connectivity index (χ1) is 12.9. The smallest absolute Gasteiger partial charge is 0.422 e. The van der Waals surface area contributed by atoms with E-state index in [0.29, 0.717) is 29.6 Å². The van der Waals surface area contributed by atoms with E-state index in [1.54, 1.807) is 31.4 Å². The maximum absolute atomic E-state index is 12.3. The lowest BCUT2D eigenvalue weighted by Crippen LogP contribution is -2.38. The van der Waals surface area contributed by atoms with Gasteiger partial charge in [-0.15, -0.1) is 0 Å². The third-order valence-electron chi connectivity index (χ3n) is 3.39. The van der Waals surface area contributed by atoms with Crippen LogP contribution in [-0.2, 0) is 13.0 Å². The molecule has 0 fully saturated rings. The Morgan fingerprint density at radius 1 is 1.22 bits per heavy atom. The van der Waals surface area contributed by atoms with Crippen LogP contribution in [0.1, 0.15) is 11.1 Å². The van der Waals surface area contributed by atoms with Crippen LogP contribution in [0.5, 0.6) is 5.88 Å². The quantitative estimate of drug-likeness (QED) is 0.424. The van der Waals surface area contributed by atoms with Crippen LogP contribution in [0.3, 0.4) is 0 Å². The molecule has 0 aliphatic heterocycles. The van der Waals surface area contributed by atoms with E-state index >= 15 is 0 Å². The fraction of sp³-hybridized carbons (Fsp3) is 0.353. The molecule has 0 spiro atoms. The molecule has 0 saturated carbocycles. The summed E-state index contributed by atoms with van der Waals surface area (Å²) in [6, 6.07) is 6.86. The van der Waals surface area contributed by atoms with E-state index in [1.165, 1.54) is 6.20 Å². The molecular weight excluding hydrogens is 383 g/mol. The van der Waals surface area contributed by atoms with Gasteiger partial charge in [-0.05, 0) is 24.1 Å². The van der Waals surface area contributed by atoms with Gasteiger partial charge in [-0.2, -0.15) is 13.2 Å². The molecule has 0 unspecified atom stereocenters. The third kappa shape index (κ3) is 7.69. The minimum atomic E-state index is -4.42. The molecule has 10 heteroatoms. The van der Waals surface area contributed by atoms with Crippen molar-refractivity contribution in [3.05, 3.63) is 52.9 Å². The first kappa shape index (κ1) is 20.8. The summed E-state index contributed by atoms with van der Waals surface area (Å²) in [5, 5.41) is 6.57. The predicted molar refractivity (Wildman–Crippen MR) is 96.9 cm³/mol. The average Bonchev–Trinajstić information content (AvgIpc) is 2.64. The summed E-state index contributed by atoms with van der Waals surface area (Å²) in [4.78, 5) is 11.9. The highest BCUT2D eigenvalue weighted by molar-refractivity contribution is 6.29. The number of halogens is 4. The highest BCUT2D eigenvalue weighted by Crippen LogP contribution is 2.19. The number of hydrogen-bond donors (Lipinski definition) is 2. The van der Waals surface area contributed by atoms with Crippen molar-refractivity contribution in [2.45, 2.75) is 19.1 Å². The summed E-state index contributed by atoms with van der Waals surface area (Å²) < 4.78 is 41.8. The summed E-state index contributed by atoms with van der Waals surface area (Å²) in [5.74, 6) is 0.438. The number of nitrogens with one attached hydrogen (secondary N) is 2. The average molecular weight is 402 g/mol. The van der Waals surface area contributed by atoms with Crippen molar-refractivity contribution in [3.8, 4) is 5.88 Å². The topological polar surface area (TPSA) is 71.4 Å². The largest absolute Gasteiger partial charge is 0.468 e. The Labute approximate surface area is 159 Å². The third-order valence-corrected chi connectivity index (χ3v) is 3.61. The van der Waals surface area contributed by atoms with Crippen molar-refractivity contribution in [2.24, 2.45) is 4.99 Å².